The molecule has 1 heterocycles. The summed E-state index contributed by atoms with van der Waals surface area (Å²) in [4.78, 5) is 0. The van der Waals surface area contributed by atoms with E-state index in [1.54, 1.807) is 0 Å². The van der Waals surface area contributed by atoms with Crippen molar-refractivity contribution in [1.29, 1.82) is 0 Å². The Bertz CT molecular complexity index is 484. The molecule has 1 atom stereocenters. The van der Waals surface area contributed by atoms with E-state index in [1.165, 1.54) is 10.9 Å². The second-order valence-corrected chi connectivity index (χ2v) is 5.00. The van der Waals surface area contributed by atoms with Crippen LogP contribution in [0.25, 0.3) is 0 Å². The highest BCUT2D eigenvalue weighted by Gasteiger charge is 2.25. The van der Waals surface area contributed by atoms with E-state index in [0.29, 0.717) is 6.61 Å². The Morgan fingerprint density at radius 1 is 0.938 bits per heavy atom. The second kappa shape index (κ2) is 4.25. The van der Waals surface area contributed by atoms with E-state index >= 15 is 0 Å². The van der Waals surface area contributed by atoms with Crippen LogP contribution in [0.15, 0.2) is 54.6 Å². The van der Waals surface area contributed by atoms with E-state index in [2.05, 4.69) is 12.1 Å². The standard InChI is InChI=1S/C13H11O2P/c1-2-7-12(8-3-1)15-16-13-9-5-4-6-11(13)10-14-16/h1-9H,10H2. The van der Waals surface area contributed by atoms with Gasteiger partial charge in [-0.3, -0.25) is 0 Å². The van der Waals surface area contributed by atoms with Crippen molar-refractivity contribution in [3.63, 3.8) is 0 Å². The Balaban J connectivity index is 1.84. The maximum atomic E-state index is 5.84. The van der Waals surface area contributed by atoms with E-state index in [0.717, 1.165) is 5.75 Å². The van der Waals surface area contributed by atoms with Gasteiger partial charge >= 0.3 is 0 Å². The molecule has 0 N–H and O–H groups in total. The number of hydrogen-bond acceptors (Lipinski definition) is 2. The van der Waals surface area contributed by atoms with Crippen LogP contribution < -0.4 is 9.83 Å². The highest BCUT2D eigenvalue weighted by molar-refractivity contribution is 7.56. The summed E-state index contributed by atoms with van der Waals surface area (Å²) in [6.07, 6.45) is 0. The minimum atomic E-state index is -0.937. The van der Waals surface area contributed by atoms with Crippen LogP contribution in [0.5, 0.6) is 5.75 Å². The third-order valence-corrected chi connectivity index (χ3v) is 4.03. The zero-order valence-electron chi connectivity index (χ0n) is 8.67. The molecule has 3 rings (SSSR count). The zero-order valence-corrected chi connectivity index (χ0v) is 9.56. The summed E-state index contributed by atoms with van der Waals surface area (Å²) in [6, 6.07) is 18.0. The largest absolute Gasteiger partial charge is 0.444 e. The molecule has 1 aliphatic rings. The van der Waals surface area contributed by atoms with Gasteiger partial charge in [-0.2, -0.15) is 0 Å². The fourth-order valence-corrected chi connectivity index (χ4v) is 3.10. The molecule has 0 saturated carbocycles. The third kappa shape index (κ3) is 1.82. The van der Waals surface area contributed by atoms with Gasteiger partial charge in [0, 0.05) is 5.30 Å². The van der Waals surface area contributed by atoms with Gasteiger partial charge in [0.15, 0.2) is 0 Å². The van der Waals surface area contributed by atoms with Crippen molar-refractivity contribution in [1.82, 2.24) is 0 Å². The molecule has 0 spiro atoms. The van der Waals surface area contributed by atoms with Crippen molar-refractivity contribution >= 4 is 13.7 Å². The molecule has 0 radical (unpaired) electrons. The third-order valence-electron chi connectivity index (χ3n) is 2.46. The number of para-hydroxylation sites is 1. The Labute approximate surface area is 95.7 Å². The van der Waals surface area contributed by atoms with E-state index < -0.39 is 8.38 Å². The molecule has 80 valence electrons. The van der Waals surface area contributed by atoms with Gasteiger partial charge in [0.25, 0.3) is 8.38 Å². The summed E-state index contributed by atoms with van der Waals surface area (Å²) in [5, 5.41) is 1.20. The average Bonchev–Trinajstić information content (AvgIpc) is 2.74. The number of rotatable bonds is 2. The molecule has 2 aromatic carbocycles. The quantitative estimate of drug-likeness (QED) is 0.737. The lowest BCUT2D eigenvalue weighted by molar-refractivity contribution is 0.324. The SMILES string of the molecule is c1ccc(OP2OCc3ccccc32)cc1. The highest BCUT2D eigenvalue weighted by Crippen LogP contribution is 2.44. The maximum Gasteiger partial charge on any atom is 0.265 e. The number of benzene rings is 2. The molecule has 0 bridgehead atoms. The minimum absolute atomic E-state index is 0.661. The molecule has 2 aromatic rings. The summed E-state index contributed by atoms with van der Waals surface area (Å²) in [5.74, 6) is 0.866. The van der Waals surface area contributed by atoms with Crippen molar-refractivity contribution in [2.24, 2.45) is 0 Å². The second-order valence-electron chi connectivity index (χ2n) is 3.56. The smallest absolute Gasteiger partial charge is 0.265 e. The summed E-state index contributed by atoms with van der Waals surface area (Å²) in [6.45, 7) is 0.661. The fraction of sp³-hybridized carbons (Fsp3) is 0.0769. The predicted octanol–water partition coefficient (Wildman–Crippen LogP) is 3.23. The van der Waals surface area contributed by atoms with E-state index in [-0.39, 0.29) is 0 Å². The van der Waals surface area contributed by atoms with Crippen molar-refractivity contribution in [3.05, 3.63) is 60.2 Å². The van der Waals surface area contributed by atoms with Crippen LogP contribution in [0.2, 0.25) is 0 Å². The van der Waals surface area contributed by atoms with Crippen LogP contribution in [0.4, 0.5) is 0 Å². The van der Waals surface area contributed by atoms with E-state index in [1.807, 2.05) is 42.5 Å². The van der Waals surface area contributed by atoms with Gasteiger partial charge in [-0.1, -0.05) is 36.4 Å². The topological polar surface area (TPSA) is 18.5 Å². The monoisotopic (exact) mass is 230 g/mol. The molecular weight excluding hydrogens is 219 g/mol. The normalized spacial score (nSPS) is 18.1. The molecule has 0 amide bonds. The van der Waals surface area contributed by atoms with Crippen molar-refractivity contribution in [2.75, 3.05) is 0 Å². The van der Waals surface area contributed by atoms with E-state index in [4.69, 9.17) is 9.05 Å². The summed E-state index contributed by atoms with van der Waals surface area (Å²) >= 11 is 0. The van der Waals surface area contributed by atoms with Crippen molar-refractivity contribution < 1.29 is 9.05 Å². The zero-order chi connectivity index (χ0) is 10.8. The Morgan fingerprint density at radius 2 is 1.69 bits per heavy atom. The summed E-state index contributed by atoms with van der Waals surface area (Å²) in [7, 11) is -0.937. The van der Waals surface area contributed by atoms with Crippen LogP contribution in [0.3, 0.4) is 0 Å². The average molecular weight is 230 g/mol. The Kier molecular flexibility index (Phi) is 2.61. The first kappa shape index (κ1) is 9.83. The Morgan fingerprint density at radius 3 is 2.56 bits per heavy atom. The first-order valence-corrected chi connectivity index (χ1v) is 6.35. The number of hydrogen-bond donors (Lipinski definition) is 0. The van der Waals surface area contributed by atoms with Gasteiger partial charge in [-0.05, 0) is 23.8 Å². The van der Waals surface area contributed by atoms with Gasteiger partial charge in [-0.15, -0.1) is 0 Å². The van der Waals surface area contributed by atoms with Gasteiger partial charge in [0.05, 0.1) is 6.61 Å². The molecule has 16 heavy (non-hydrogen) atoms. The number of fused-ring (bicyclic) bond motifs is 1. The molecule has 0 saturated heterocycles. The van der Waals surface area contributed by atoms with Gasteiger partial charge in [-0.25, -0.2) is 0 Å². The fourth-order valence-electron chi connectivity index (χ4n) is 1.66. The molecular formula is C13H11O2P. The van der Waals surface area contributed by atoms with Gasteiger partial charge in [0.2, 0.25) is 0 Å². The highest BCUT2D eigenvalue weighted by atomic mass is 31.2. The summed E-state index contributed by atoms with van der Waals surface area (Å²) < 4.78 is 11.5. The molecule has 1 unspecified atom stereocenters. The van der Waals surface area contributed by atoms with E-state index in [9.17, 15) is 0 Å². The van der Waals surface area contributed by atoms with Crippen LogP contribution in [-0.2, 0) is 11.1 Å². The molecule has 0 fully saturated rings. The molecule has 1 aliphatic heterocycles. The lowest BCUT2D eigenvalue weighted by atomic mass is 10.2. The van der Waals surface area contributed by atoms with Crippen LogP contribution in [0, 0.1) is 0 Å². The molecule has 0 aliphatic carbocycles. The molecule has 2 nitrogen and oxygen atoms in total. The van der Waals surface area contributed by atoms with Gasteiger partial charge < -0.3 is 9.05 Å². The molecule has 0 aromatic heterocycles. The van der Waals surface area contributed by atoms with Crippen LogP contribution in [-0.4, -0.2) is 0 Å². The van der Waals surface area contributed by atoms with Gasteiger partial charge in [0.1, 0.15) is 5.75 Å². The first-order valence-electron chi connectivity index (χ1n) is 5.17. The van der Waals surface area contributed by atoms with Crippen LogP contribution in [0.1, 0.15) is 5.56 Å². The lowest BCUT2D eigenvalue weighted by Gasteiger charge is -2.11. The minimum Gasteiger partial charge on any atom is -0.444 e. The maximum absolute atomic E-state index is 5.84. The first-order chi connectivity index (χ1) is 7.93. The lowest BCUT2D eigenvalue weighted by Crippen LogP contribution is -2.02. The summed E-state index contributed by atoms with van der Waals surface area (Å²) in [5.41, 5.74) is 1.24. The molecule has 3 heteroatoms. The Hall–Kier alpha value is -1.37. The van der Waals surface area contributed by atoms with Crippen LogP contribution >= 0.6 is 8.38 Å². The predicted molar refractivity (Wildman–Crippen MR) is 64.9 cm³/mol. The van der Waals surface area contributed by atoms with Crippen molar-refractivity contribution in [2.45, 2.75) is 6.61 Å². The van der Waals surface area contributed by atoms with Crippen molar-refractivity contribution in [3.8, 4) is 5.75 Å².